The predicted molar refractivity (Wildman–Crippen MR) is 81.2 cm³/mol. The molecule has 0 saturated carbocycles. The van der Waals surface area contributed by atoms with Crippen molar-refractivity contribution in [3.63, 3.8) is 0 Å². The number of hydrogen-bond acceptors (Lipinski definition) is 6. The summed E-state index contributed by atoms with van der Waals surface area (Å²) in [5, 5.41) is 28.8. The van der Waals surface area contributed by atoms with Crippen molar-refractivity contribution in [2.75, 3.05) is 0 Å². The Bertz CT molecular complexity index is 827. The molecule has 0 aliphatic rings. The van der Waals surface area contributed by atoms with Gasteiger partial charge in [-0.3, -0.25) is 0 Å². The van der Waals surface area contributed by atoms with Gasteiger partial charge in [-0.05, 0) is 29.6 Å². The van der Waals surface area contributed by atoms with Crippen LogP contribution in [0.25, 0.3) is 16.3 Å². The number of rotatable bonds is 4. The number of aromatic nitrogens is 3. The molecule has 0 aliphatic carbocycles. The molecule has 0 unspecified atom stereocenters. The maximum atomic E-state index is 11.2. The standard InChI is InChI=1S/C14H12N4O3S/c15-7-10-13(12-2-1-5-22-12)18(17-16-10)8-3-4-11(19)9(6-8)14(20)21/h1-6,19H,7,15H2,(H,20,21). The molecule has 7 nitrogen and oxygen atoms in total. The highest BCUT2D eigenvalue weighted by molar-refractivity contribution is 7.13. The van der Waals surface area contributed by atoms with E-state index >= 15 is 0 Å². The van der Waals surface area contributed by atoms with E-state index < -0.39 is 5.97 Å². The Hall–Kier alpha value is -2.71. The Morgan fingerprint density at radius 2 is 2.18 bits per heavy atom. The second kappa shape index (κ2) is 5.58. The lowest BCUT2D eigenvalue weighted by molar-refractivity contribution is 0.0693. The molecule has 0 saturated heterocycles. The van der Waals surface area contributed by atoms with E-state index in [9.17, 15) is 9.90 Å². The SMILES string of the molecule is NCc1nnn(-c2ccc(O)c(C(=O)O)c2)c1-c1cccs1. The third kappa shape index (κ3) is 2.34. The number of benzene rings is 1. The molecule has 0 aliphatic heterocycles. The van der Waals surface area contributed by atoms with Gasteiger partial charge in [0.15, 0.2) is 0 Å². The summed E-state index contributed by atoms with van der Waals surface area (Å²) < 4.78 is 1.53. The van der Waals surface area contributed by atoms with Crippen molar-refractivity contribution < 1.29 is 15.0 Å². The predicted octanol–water partition coefficient (Wildman–Crippen LogP) is 1.86. The highest BCUT2D eigenvalue weighted by Gasteiger charge is 2.18. The van der Waals surface area contributed by atoms with Gasteiger partial charge >= 0.3 is 5.97 Å². The first-order valence-corrected chi connectivity index (χ1v) is 7.25. The molecule has 3 rings (SSSR count). The van der Waals surface area contributed by atoms with Gasteiger partial charge in [0.1, 0.15) is 22.7 Å². The summed E-state index contributed by atoms with van der Waals surface area (Å²) in [6.45, 7) is 0.219. The Kier molecular flexibility index (Phi) is 3.61. The molecular formula is C14H12N4O3S. The molecule has 0 radical (unpaired) electrons. The van der Waals surface area contributed by atoms with Crippen molar-refractivity contribution in [3.05, 3.63) is 47.0 Å². The first-order chi connectivity index (χ1) is 10.6. The van der Waals surface area contributed by atoms with Gasteiger partial charge in [-0.1, -0.05) is 11.3 Å². The molecule has 22 heavy (non-hydrogen) atoms. The highest BCUT2D eigenvalue weighted by atomic mass is 32.1. The molecule has 3 aromatic rings. The summed E-state index contributed by atoms with van der Waals surface area (Å²) in [5.41, 5.74) is 7.34. The first-order valence-electron chi connectivity index (χ1n) is 6.37. The van der Waals surface area contributed by atoms with Crippen LogP contribution >= 0.6 is 11.3 Å². The molecule has 0 amide bonds. The fraction of sp³-hybridized carbons (Fsp3) is 0.0714. The van der Waals surface area contributed by atoms with Crippen LogP contribution in [-0.2, 0) is 6.54 Å². The number of nitrogens with zero attached hydrogens (tertiary/aromatic N) is 3. The van der Waals surface area contributed by atoms with Crippen molar-refractivity contribution in [2.45, 2.75) is 6.54 Å². The zero-order chi connectivity index (χ0) is 15.7. The van der Waals surface area contributed by atoms with Gasteiger partial charge in [0.05, 0.1) is 10.6 Å². The second-order valence-electron chi connectivity index (χ2n) is 4.48. The molecule has 0 spiro atoms. The Morgan fingerprint density at radius 1 is 1.36 bits per heavy atom. The minimum absolute atomic E-state index is 0.195. The smallest absolute Gasteiger partial charge is 0.339 e. The van der Waals surface area contributed by atoms with Crippen LogP contribution < -0.4 is 5.73 Å². The van der Waals surface area contributed by atoms with Crippen molar-refractivity contribution >= 4 is 17.3 Å². The number of nitrogens with two attached hydrogens (primary N) is 1. The molecule has 0 atom stereocenters. The number of hydrogen-bond donors (Lipinski definition) is 3. The van der Waals surface area contributed by atoms with Crippen LogP contribution in [0.15, 0.2) is 35.7 Å². The van der Waals surface area contributed by atoms with Crippen LogP contribution in [0.2, 0.25) is 0 Å². The van der Waals surface area contributed by atoms with Gasteiger partial charge in [-0.15, -0.1) is 16.4 Å². The van der Waals surface area contributed by atoms with E-state index in [0.717, 1.165) is 10.6 Å². The quantitative estimate of drug-likeness (QED) is 0.677. The molecule has 2 aromatic heterocycles. The maximum absolute atomic E-state index is 11.2. The van der Waals surface area contributed by atoms with Crippen LogP contribution in [0.4, 0.5) is 0 Å². The number of carboxylic acids is 1. The number of aromatic hydroxyl groups is 1. The zero-order valence-electron chi connectivity index (χ0n) is 11.3. The van der Waals surface area contributed by atoms with Gasteiger partial charge in [0.2, 0.25) is 0 Å². The summed E-state index contributed by atoms with van der Waals surface area (Å²) in [6.07, 6.45) is 0. The molecule has 0 fully saturated rings. The lowest BCUT2D eigenvalue weighted by Gasteiger charge is -2.08. The van der Waals surface area contributed by atoms with E-state index in [1.54, 1.807) is 6.07 Å². The van der Waals surface area contributed by atoms with Gasteiger partial charge < -0.3 is 15.9 Å². The van der Waals surface area contributed by atoms with Crippen LogP contribution in [0.5, 0.6) is 5.75 Å². The maximum Gasteiger partial charge on any atom is 0.339 e. The average Bonchev–Trinajstić information content (AvgIpc) is 3.15. The second-order valence-corrected chi connectivity index (χ2v) is 5.43. The lowest BCUT2D eigenvalue weighted by Crippen LogP contribution is -2.04. The number of carboxylic acid groups (broad SMARTS) is 1. The average molecular weight is 316 g/mol. The largest absolute Gasteiger partial charge is 0.507 e. The van der Waals surface area contributed by atoms with Crippen LogP contribution in [0.1, 0.15) is 16.1 Å². The van der Waals surface area contributed by atoms with Crippen LogP contribution in [-0.4, -0.2) is 31.2 Å². The topological polar surface area (TPSA) is 114 Å². The summed E-state index contributed by atoms with van der Waals surface area (Å²) in [5.74, 6) is -1.51. The van der Waals surface area contributed by atoms with Crippen molar-refractivity contribution in [1.29, 1.82) is 0 Å². The Morgan fingerprint density at radius 3 is 2.82 bits per heavy atom. The third-order valence-corrected chi connectivity index (χ3v) is 4.02. The van der Waals surface area contributed by atoms with E-state index in [-0.39, 0.29) is 17.9 Å². The lowest BCUT2D eigenvalue weighted by atomic mass is 10.1. The van der Waals surface area contributed by atoms with E-state index in [2.05, 4.69) is 10.3 Å². The summed E-state index contributed by atoms with van der Waals surface area (Å²) >= 11 is 1.51. The minimum atomic E-state index is -1.21. The number of phenols is 1. The van der Waals surface area contributed by atoms with Gasteiger partial charge in [0.25, 0.3) is 0 Å². The molecule has 1 aromatic carbocycles. The Balaban J connectivity index is 2.19. The monoisotopic (exact) mass is 316 g/mol. The first kappa shape index (κ1) is 14.2. The number of carbonyl (C=O) groups is 1. The van der Waals surface area contributed by atoms with E-state index in [0.29, 0.717) is 11.4 Å². The molecule has 2 heterocycles. The Labute approximate surface area is 129 Å². The van der Waals surface area contributed by atoms with E-state index in [1.807, 2.05) is 17.5 Å². The summed E-state index contributed by atoms with van der Waals surface area (Å²) in [7, 11) is 0. The molecule has 112 valence electrons. The normalized spacial score (nSPS) is 10.8. The zero-order valence-corrected chi connectivity index (χ0v) is 12.1. The molecule has 4 N–H and O–H groups in total. The number of aromatic carboxylic acids is 1. The molecular weight excluding hydrogens is 304 g/mol. The molecule has 0 bridgehead atoms. The van der Waals surface area contributed by atoms with E-state index in [1.165, 1.54) is 28.2 Å². The van der Waals surface area contributed by atoms with Gasteiger partial charge in [-0.25, -0.2) is 9.48 Å². The van der Waals surface area contributed by atoms with Gasteiger partial charge in [-0.2, -0.15) is 0 Å². The van der Waals surface area contributed by atoms with Crippen molar-refractivity contribution in [3.8, 4) is 22.0 Å². The van der Waals surface area contributed by atoms with Crippen molar-refractivity contribution in [1.82, 2.24) is 15.0 Å². The van der Waals surface area contributed by atoms with Crippen molar-refractivity contribution in [2.24, 2.45) is 5.73 Å². The molecule has 8 heteroatoms. The minimum Gasteiger partial charge on any atom is -0.507 e. The van der Waals surface area contributed by atoms with Crippen LogP contribution in [0.3, 0.4) is 0 Å². The van der Waals surface area contributed by atoms with Crippen LogP contribution in [0, 0.1) is 0 Å². The fourth-order valence-electron chi connectivity index (χ4n) is 2.12. The highest BCUT2D eigenvalue weighted by Crippen LogP contribution is 2.30. The van der Waals surface area contributed by atoms with Gasteiger partial charge in [0, 0.05) is 6.54 Å². The number of thiophene rings is 1. The summed E-state index contributed by atoms with van der Waals surface area (Å²) in [6, 6.07) is 8.06. The summed E-state index contributed by atoms with van der Waals surface area (Å²) in [4.78, 5) is 12.1. The van der Waals surface area contributed by atoms with E-state index in [4.69, 9.17) is 10.8 Å². The fourth-order valence-corrected chi connectivity index (χ4v) is 2.90. The third-order valence-electron chi connectivity index (χ3n) is 3.14.